The molecule has 0 fully saturated rings. The summed E-state index contributed by atoms with van der Waals surface area (Å²) in [5, 5.41) is 10.9. The number of carboxylic acids is 1. The van der Waals surface area contributed by atoms with E-state index in [-0.39, 0.29) is 6.54 Å². The second-order valence-electron chi connectivity index (χ2n) is 3.78. The van der Waals surface area contributed by atoms with Crippen LogP contribution < -0.4 is 5.43 Å². The van der Waals surface area contributed by atoms with E-state index in [2.05, 4.69) is 5.10 Å². The zero-order valence-corrected chi connectivity index (χ0v) is 9.88. The fraction of sp³-hybridized carbons (Fsp3) is 0.182. The molecule has 0 atom stereocenters. The van der Waals surface area contributed by atoms with Crippen LogP contribution in [0.1, 0.15) is 17.4 Å². The van der Waals surface area contributed by atoms with E-state index >= 15 is 0 Å². The highest BCUT2D eigenvalue weighted by molar-refractivity contribution is 5.90. The Bertz CT molecular complexity index is 801. The summed E-state index contributed by atoms with van der Waals surface area (Å²) < 4.78 is 54.2. The highest BCUT2D eigenvalue weighted by Crippen LogP contribution is 2.24. The molecule has 0 aliphatic carbocycles. The zero-order chi connectivity index (χ0) is 15.2. The van der Waals surface area contributed by atoms with Crippen molar-refractivity contribution >= 4 is 16.9 Å². The molecule has 9 heteroatoms. The summed E-state index contributed by atoms with van der Waals surface area (Å²) in [5.41, 5.74) is -3.55. The molecule has 0 saturated heterocycles. The van der Waals surface area contributed by atoms with Gasteiger partial charge in [0.15, 0.2) is 23.3 Å². The number of aromatic nitrogens is 2. The van der Waals surface area contributed by atoms with Crippen LogP contribution in [-0.2, 0) is 6.54 Å². The van der Waals surface area contributed by atoms with Gasteiger partial charge in [0.2, 0.25) is 11.1 Å². The zero-order valence-electron chi connectivity index (χ0n) is 9.88. The van der Waals surface area contributed by atoms with Gasteiger partial charge in [-0.1, -0.05) is 0 Å². The smallest absolute Gasteiger partial charge is 0.360 e. The Morgan fingerprint density at radius 2 is 1.70 bits per heavy atom. The van der Waals surface area contributed by atoms with E-state index in [9.17, 15) is 27.2 Å². The minimum absolute atomic E-state index is 0.182. The predicted molar refractivity (Wildman–Crippen MR) is 58.5 cm³/mol. The number of aryl methyl sites for hydroxylation is 1. The van der Waals surface area contributed by atoms with Crippen LogP contribution in [0.25, 0.3) is 10.9 Å². The Hall–Kier alpha value is -2.45. The largest absolute Gasteiger partial charge is 0.476 e. The third kappa shape index (κ3) is 1.74. The number of aromatic carboxylic acids is 1. The van der Waals surface area contributed by atoms with Gasteiger partial charge in [0.1, 0.15) is 5.52 Å². The Labute approximate surface area is 108 Å². The van der Waals surface area contributed by atoms with E-state index in [4.69, 9.17) is 5.11 Å². The number of fused-ring (bicyclic) bond motifs is 1. The van der Waals surface area contributed by atoms with Gasteiger partial charge in [-0.3, -0.25) is 9.48 Å². The number of benzene rings is 1. The Kier molecular flexibility index (Phi) is 3.20. The van der Waals surface area contributed by atoms with Crippen LogP contribution in [0.2, 0.25) is 0 Å². The molecule has 0 aliphatic heterocycles. The van der Waals surface area contributed by atoms with Crippen molar-refractivity contribution in [3.8, 4) is 0 Å². The number of nitrogens with zero attached hydrogens (tertiary/aromatic N) is 2. The van der Waals surface area contributed by atoms with Crippen LogP contribution in [0, 0.1) is 23.3 Å². The van der Waals surface area contributed by atoms with Crippen LogP contribution in [0.4, 0.5) is 17.6 Å². The molecule has 0 unspecified atom stereocenters. The molecule has 2 aromatic rings. The summed E-state index contributed by atoms with van der Waals surface area (Å²) in [6.45, 7) is 1.19. The minimum Gasteiger partial charge on any atom is -0.476 e. The Morgan fingerprint density at radius 1 is 1.15 bits per heavy atom. The molecular weight excluding hydrogens is 284 g/mol. The SMILES string of the molecule is CCn1nc(C(=O)O)c(=O)c2c(F)c(F)c(F)c(F)c21. The molecule has 106 valence electrons. The lowest BCUT2D eigenvalue weighted by Gasteiger charge is -2.11. The van der Waals surface area contributed by atoms with Crippen LogP contribution in [0.15, 0.2) is 4.79 Å². The van der Waals surface area contributed by atoms with Gasteiger partial charge in [-0.2, -0.15) is 5.10 Å². The quantitative estimate of drug-likeness (QED) is 0.519. The lowest BCUT2D eigenvalue weighted by atomic mass is 10.1. The molecule has 0 aliphatic rings. The first-order chi connectivity index (χ1) is 9.31. The van der Waals surface area contributed by atoms with Crippen LogP contribution >= 0.6 is 0 Å². The molecule has 0 radical (unpaired) electrons. The second-order valence-corrected chi connectivity index (χ2v) is 3.78. The predicted octanol–water partition coefficient (Wildman–Crippen LogP) is 1.67. The van der Waals surface area contributed by atoms with Gasteiger partial charge < -0.3 is 5.11 Å². The van der Waals surface area contributed by atoms with Gasteiger partial charge in [-0.05, 0) is 6.92 Å². The molecule has 2 rings (SSSR count). The molecule has 1 aromatic carbocycles. The highest BCUT2D eigenvalue weighted by atomic mass is 19.2. The second kappa shape index (κ2) is 4.58. The van der Waals surface area contributed by atoms with E-state index in [1.807, 2.05) is 0 Å². The number of hydrogen-bond donors (Lipinski definition) is 1. The molecular formula is C11H6F4N2O3. The van der Waals surface area contributed by atoms with Crippen LogP contribution in [0.5, 0.6) is 0 Å². The van der Waals surface area contributed by atoms with Crippen LogP contribution in [0.3, 0.4) is 0 Å². The summed E-state index contributed by atoms with van der Waals surface area (Å²) in [6, 6.07) is 0. The van der Waals surface area contributed by atoms with Gasteiger partial charge >= 0.3 is 5.97 Å². The summed E-state index contributed by atoms with van der Waals surface area (Å²) in [6.07, 6.45) is 0. The molecule has 0 amide bonds. The van der Waals surface area contributed by atoms with Gasteiger partial charge in [0.25, 0.3) is 0 Å². The number of hydrogen-bond acceptors (Lipinski definition) is 3. The molecule has 0 saturated carbocycles. The van der Waals surface area contributed by atoms with Crippen molar-refractivity contribution in [2.45, 2.75) is 13.5 Å². The maximum absolute atomic E-state index is 13.7. The summed E-state index contributed by atoms with van der Waals surface area (Å²) >= 11 is 0. The minimum atomic E-state index is -2.18. The third-order valence-corrected chi connectivity index (χ3v) is 2.67. The van der Waals surface area contributed by atoms with Gasteiger partial charge in [0.05, 0.1) is 5.39 Å². The molecule has 20 heavy (non-hydrogen) atoms. The average molecular weight is 290 g/mol. The standard InChI is InChI=1S/C11H6F4N2O3/c1-2-17-9-3(10(18)8(16-17)11(19)20)4(12)5(13)6(14)7(9)15/h2H2,1H3,(H,19,20). The van der Waals surface area contributed by atoms with Gasteiger partial charge in [-0.25, -0.2) is 22.4 Å². The lowest BCUT2D eigenvalue weighted by Crippen LogP contribution is -2.25. The molecule has 0 bridgehead atoms. The van der Waals surface area contributed by atoms with Crippen molar-refractivity contribution in [2.24, 2.45) is 0 Å². The monoisotopic (exact) mass is 290 g/mol. The molecule has 0 spiro atoms. The van der Waals surface area contributed by atoms with Crippen molar-refractivity contribution < 1.29 is 27.5 Å². The van der Waals surface area contributed by atoms with Crippen molar-refractivity contribution in [1.29, 1.82) is 0 Å². The average Bonchev–Trinajstić information content (AvgIpc) is 2.41. The normalized spacial score (nSPS) is 11.1. The Balaban J connectivity index is 3.18. The fourth-order valence-electron chi connectivity index (χ4n) is 1.77. The van der Waals surface area contributed by atoms with E-state index < -0.39 is 51.3 Å². The maximum Gasteiger partial charge on any atom is 0.360 e. The first-order valence-electron chi connectivity index (χ1n) is 5.31. The van der Waals surface area contributed by atoms with Crippen molar-refractivity contribution in [1.82, 2.24) is 9.78 Å². The summed E-state index contributed by atoms with van der Waals surface area (Å²) in [5.74, 6) is -9.82. The fourth-order valence-corrected chi connectivity index (χ4v) is 1.77. The Morgan fingerprint density at radius 3 is 2.20 bits per heavy atom. The third-order valence-electron chi connectivity index (χ3n) is 2.67. The topological polar surface area (TPSA) is 72.2 Å². The van der Waals surface area contributed by atoms with Crippen molar-refractivity contribution in [3.05, 3.63) is 39.2 Å². The number of carbonyl (C=O) groups is 1. The number of rotatable bonds is 2. The van der Waals surface area contributed by atoms with E-state index in [0.717, 1.165) is 0 Å². The molecule has 1 heterocycles. The van der Waals surface area contributed by atoms with E-state index in [1.165, 1.54) is 6.92 Å². The first-order valence-corrected chi connectivity index (χ1v) is 5.31. The first kappa shape index (κ1) is 14.0. The summed E-state index contributed by atoms with van der Waals surface area (Å²) in [7, 11) is 0. The van der Waals surface area contributed by atoms with Crippen molar-refractivity contribution in [3.63, 3.8) is 0 Å². The maximum atomic E-state index is 13.7. The van der Waals surface area contributed by atoms with Crippen LogP contribution in [-0.4, -0.2) is 20.9 Å². The lowest BCUT2D eigenvalue weighted by molar-refractivity contribution is 0.0686. The van der Waals surface area contributed by atoms with E-state index in [0.29, 0.717) is 4.68 Å². The van der Waals surface area contributed by atoms with Crippen molar-refractivity contribution in [2.75, 3.05) is 0 Å². The van der Waals surface area contributed by atoms with Gasteiger partial charge in [-0.15, -0.1) is 0 Å². The molecule has 5 nitrogen and oxygen atoms in total. The van der Waals surface area contributed by atoms with E-state index in [1.54, 1.807) is 0 Å². The summed E-state index contributed by atoms with van der Waals surface area (Å²) in [4.78, 5) is 22.5. The molecule has 1 N–H and O–H groups in total. The molecule has 1 aromatic heterocycles. The van der Waals surface area contributed by atoms with Gasteiger partial charge in [0, 0.05) is 6.54 Å². The number of carboxylic acid groups (broad SMARTS) is 1. The highest BCUT2D eigenvalue weighted by Gasteiger charge is 2.27. The number of halogens is 4.